The summed E-state index contributed by atoms with van der Waals surface area (Å²) in [5.74, 6) is 0. The molecule has 0 bridgehead atoms. The third-order valence-corrected chi connectivity index (χ3v) is 6.84. The van der Waals surface area contributed by atoms with Gasteiger partial charge in [0, 0.05) is 0 Å². The van der Waals surface area contributed by atoms with Crippen molar-refractivity contribution in [3.05, 3.63) is 37.4 Å². The van der Waals surface area contributed by atoms with Gasteiger partial charge in [-0.2, -0.15) is 0 Å². The van der Waals surface area contributed by atoms with Gasteiger partial charge in [0.25, 0.3) is 0 Å². The van der Waals surface area contributed by atoms with Crippen molar-refractivity contribution in [3.63, 3.8) is 0 Å². The summed E-state index contributed by atoms with van der Waals surface area (Å²) in [6.45, 7) is 9.75. The van der Waals surface area contributed by atoms with Crippen LogP contribution >= 0.6 is 0 Å². The molecule has 0 aliphatic carbocycles. The zero-order valence-electron chi connectivity index (χ0n) is 23.6. The molecule has 6 heteroatoms. The van der Waals surface area contributed by atoms with Crippen molar-refractivity contribution in [2.24, 2.45) is 0 Å². The molecule has 0 radical (unpaired) electrons. The minimum atomic E-state index is 0.655. The van der Waals surface area contributed by atoms with Gasteiger partial charge in [0.05, 0.1) is 26.3 Å². The van der Waals surface area contributed by atoms with E-state index in [1.165, 1.54) is 89.9 Å². The maximum absolute atomic E-state index is 5.86. The van der Waals surface area contributed by atoms with Crippen LogP contribution in [0.5, 0.6) is 0 Å². The van der Waals surface area contributed by atoms with E-state index in [-0.39, 0.29) is 0 Å². The summed E-state index contributed by atoms with van der Waals surface area (Å²) in [6.07, 6.45) is 33.7. The van der Waals surface area contributed by atoms with Crippen LogP contribution in [0.2, 0.25) is 0 Å². The highest BCUT2D eigenvalue weighted by atomic mass is 16.5. The number of nitrogens with zero attached hydrogens (tertiary/aromatic N) is 4. The zero-order valence-corrected chi connectivity index (χ0v) is 23.6. The number of hydrogen-bond acceptors (Lipinski definition) is 2. The Morgan fingerprint density at radius 2 is 0.889 bits per heavy atom. The minimum absolute atomic E-state index is 0.655. The highest BCUT2D eigenvalue weighted by Gasteiger charge is 2.05. The molecular weight excluding hydrogens is 448 g/mol. The lowest BCUT2D eigenvalue weighted by atomic mass is 10.1. The summed E-state index contributed by atoms with van der Waals surface area (Å²) in [4.78, 5) is 0. The van der Waals surface area contributed by atoms with Gasteiger partial charge in [0.15, 0.2) is 13.5 Å². The summed E-state index contributed by atoms with van der Waals surface area (Å²) in [6, 6.07) is 0. The maximum atomic E-state index is 5.86. The van der Waals surface area contributed by atoms with Crippen LogP contribution in [-0.4, -0.2) is 22.3 Å². The topological polar surface area (TPSA) is 36.1 Å². The van der Waals surface area contributed by atoms with Gasteiger partial charge in [-0.3, -0.25) is 0 Å². The molecule has 0 atom stereocenters. The highest BCUT2D eigenvalue weighted by molar-refractivity contribution is 4.66. The molecule has 36 heavy (non-hydrogen) atoms. The predicted molar refractivity (Wildman–Crippen MR) is 146 cm³/mol. The van der Waals surface area contributed by atoms with E-state index in [4.69, 9.17) is 9.47 Å². The SMILES string of the molecule is CCCCCCCCn1cc[n+](COCCCCCCOC[n+]2ccn(CCCCCCCC)c2)c1. The largest absolute Gasteiger partial charge is 0.342 e. The first-order valence-corrected chi connectivity index (χ1v) is 15.1. The number of hydrogen-bond donors (Lipinski definition) is 0. The lowest BCUT2D eigenvalue weighted by Gasteiger charge is -2.03. The van der Waals surface area contributed by atoms with Crippen LogP contribution in [0.3, 0.4) is 0 Å². The van der Waals surface area contributed by atoms with Gasteiger partial charge in [-0.15, -0.1) is 0 Å². The number of rotatable bonds is 25. The van der Waals surface area contributed by atoms with Crippen molar-refractivity contribution in [2.75, 3.05) is 13.2 Å². The average Bonchev–Trinajstić information content (AvgIpc) is 3.54. The number of unbranched alkanes of at least 4 members (excludes halogenated alkanes) is 13. The molecule has 6 nitrogen and oxygen atoms in total. The first kappa shape index (κ1) is 30.6. The summed E-state index contributed by atoms with van der Waals surface area (Å²) in [7, 11) is 0. The van der Waals surface area contributed by atoms with Crippen molar-refractivity contribution in [2.45, 2.75) is 143 Å². The molecule has 0 saturated carbocycles. The van der Waals surface area contributed by atoms with Gasteiger partial charge in [0.2, 0.25) is 12.7 Å². The summed E-state index contributed by atoms with van der Waals surface area (Å²) >= 11 is 0. The smallest absolute Gasteiger partial charge is 0.245 e. The lowest BCUT2D eigenvalue weighted by molar-refractivity contribution is -0.732. The van der Waals surface area contributed by atoms with Gasteiger partial charge in [-0.25, -0.2) is 18.3 Å². The van der Waals surface area contributed by atoms with E-state index in [0.717, 1.165) is 39.1 Å². The van der Waals surface area contributed by atoms with Crippen LogP contribution in [0, 0.1) is 0 Å². The Hall–Kier alpha value is -1.66. The Morgan fingerprint density at radius 3 is 1.33 bits per heavy atom. The monoisotopic (exact) mass is 504 g/mol. The van der Waals surface area contributed by atoms with Crippen molar-refractivity contribution < 1.29 is 18.6 Å². The predicted octanol–water partition coefficient (Wildman–Crippen LogP) is 6.79. The minimum Gasteiger partial charge on any atom is -0.342 e. The van der Waals surface area contributed by atoms with Gasteiger partial charge in [-0.1, -0.05) is 78.1 Å². The summed E-state index contributed by atoms with van der Waals surface area (Å²) in [5.41, 5.74) is 0. The van der Waals surface area contributed by atoms with Gasteiger partial charge in [-0.05, 0) is 38.5 Å². The van der Waals surface area contributed by atoms with Crippen molar-refractivity contribution in [1.82, 2.24) is 9.13 Å². The van der Waals surface area contributed by atoms with E-state index in [0.29, 0.717) is 13.5 Å². The van der Waals surface area contributed by atoms with Crippen molar-refractivity contribution in [1.29, 1.82) is 0 Å². The molecule has 0 unspecified atom stereocenters. The van der Waals surface area contributed by atoms with Crippen molar-refractivity contribution >= 4 is 0 Å². The molecule has 2 aromatic heterocycles. The molecule has 2 rings (SSSR count). The molecule has 2 aromatic rings. The third-order valence-electron chi connectivity index (χ3n) is 6.84. The number of aromatic nitrogens is 4. The molecule has 0 saturated heterocycles. The molecule has 0 spiro atoms. The fourth-order valence-corrected chi connectivity index (χ4v) is 4.55. The zero-order chi connectivity index (χ0) is 25.5. The molecule has 0 N–H and O–H groups in total. The molecule has 0 aliphatic heterocycles. The molecule has 0 aromatic carbocycles. The Kier molecular flexibility index (Phi) is 18.2. The molecule has 0 fully saturated rings. The summed E-state index contributed by atoms with van der Waals surface area (Å²) < 4.78 is 20.6. The van der Waals surface area contributed by atoms with Gasteiger partial charge in [0.1, 0.15) is 24.8 Å². The van der Waals surface area contributed by atoms with E-state index in [9.17, 15) is 0 Å². The number of imidazole rings is 2. The Bertz CT molecular complexity index is 681. The van der Waals surface area contributed by atoms with E-state index in [1.54, 1.807) is 0 Å². The lowest BCUT2D eigenvalue weighted by Crippen LogP contribution is -2.32. The van der Waals surface area contributed by atoms with E-state index < -0.39 is 0 Å². The Labute approximate surface area is 221 Å². The van der Waals surface area contributed by atoms with E-state index >= 15 is 0 Å². The first-order valence-electron chi connectivity index (χ1n) is 15.1. The molecule has 0 amide bonds. The molecule has 0 aliphatic rings. The molecule has 2 heterocycles. The highest BCUT2D eigenvalue weighted by Crippen LogP contribution is 2.07. The maximum Gasteiger partial charge on any atom is 0.245 e. The van der Waals surface area contributed by atoms with Crippen LogP contribution < -0.4 is 9.13 Å². The normalized spacial score (nSPS) is 11.5. The molecule has 206 valence electrons. The Morgan fingerprint density at radius 1 is 0.500 bits per heavy atom. The first-order chi connectivity index (χ1) is 17.8. The quantitative estimate of drug-likeness (QED) is 0.110. The second-order valence-corrected chi connectivity index (χ2v) is 10.4. The average molecular weight is 505 g/mol. The standard InChI is InChI=1S/C30H56N4O2/c1-3-5-7-9-11-15-19-31-21-23-33(27-31)29-35-25-17-13-14-18-26-36-30-34-24-22-32(28-34)20-16-12-10-8-6-4-2/h21-24,27-28H,3-20,25-26,29-30H2,1-2H3/q+2. The third kappa shape index (κ3) is 15.5. The summed E-state index contributed by atoms with van der Waals surface area (Å²) in [5, 5.41) is 0. The van der Waals surface area contributed by atoms with E-state index in [2.05, 4.69) is 69.6 Å². The van der Waals surface area contributed by atoms with Gasteiger partial charge < -0.3 is 9.47 Å². The van der Waals surface area contributed by atoms with Crippen LogP contribution in [0.1, 0.15) is 117 Å². The Balaban J connectivity index is 1.36. The molecular formula is C30H56N4O2+2. The number of ether oxygens (including phenoxy) is 2. The second kappa shape index (κ2) is 21.4. The van der Waals surface area contributed by atoms with Crippen LogP contribution in [0.25, 0.3) is 0 Å². The van der Waals surface area contributed by atoms with Crippen LogP contribution in [0.4, 0.5) is 0 Å². The van der Waals surface area contributed by atoms with Crippen LogP contribution in [0.15, 0.2) is 37.4 Å². The van der Waals surface area contributed by atoms with Crippen LogP contribution in [-0.2, 0) is 36.0 Å². The number of aryl methyl sites for hydroxylation is 2. The van der Waals surface area contributed by atoms with E-state index in [1.807, 2.05) is 0 Å². The fourth-order valence-electron chi connectivity index (χ4n) is 4.55. The fraction of sp³-hybridized carbons (Fsp3) is 0.800. The van der Waals surface area contributed by atoms with Crippen molar-refractivity contribution in [3.8, 4) is 0 Å². The van der Waals surface area contributed by atoms with Gasteiger partial charge >= 0.3 is 0 Å². The second-order valence-electron chi connectivity index (χ2n) is 10.4.